The van der Waals surface area contributed by atoms with E-state index in [-0.39, 0.29) is 24.6 Å². The summed E-state index contributed by atoms with van der Waals surface area (Å²) in [5.74, 6) is 2.49. The Bertz CT molecular complexity index is 1150. The van der Waals surface area contributed by atoms with E-state index in [1.807, 2.05) is 25.1 Å². The number of thioether (sulfide) groups is 1. The van der Waals surface area contributed by atoms with Crippen molar-refractivity contribution < 1.29 is 19.0 Å². The highest BCUT2D eigenvalue weighted by atomic mass is 35.5. The Hall–Kier alpha value is -2.91. The van der Waals surface area contributed by atoms with Crippen LogP contribution in [0.4, 0.5) is 5.69 Å². The quantitative estimate of drug-likeness (QED) is 0.475. The molecule has 2 aromatic carbocycles. The predicted molar refractivity (Wildman–Crippen MR) is 121 cm³/mol. The van der Waals surface area contributed by atoms with Crippen LogP contribution in [0, 0.1) is 0 Å². The molecule has 0 bridgehead atoms. The first-order valence-electron chi connectivity index (χ1n) is 10.3. The van der Waals surface area contributed by atoms with Crippen LogP contribution in [0.2, 0.25) is 5.02 Å². The number of ether oxygens (including phenoxy) is 3. The second kappa shape index (κ2) is 8.91. The van der Waals surface area contributed by atoms with Gasteiger partial charge in [0.2, 0.25) is 12.7 Å². The molecule has 1 atom stereocenters. The third-order valence-electron chi connectivity index (χ3n) is 5.13. The molecule has 32 heavy (non-hydrogen) atoms. The highest BCUT2D eigenvalue weighted by Gasteiger charge is 2.31. The first kappa shape index (κ1) is 21.0. The first-order valence-corrected chi connectivity index (χ1v) is 11.5. The predicted octanol–water partition coefficient (Wildman–Crippen LogP) is 4.69. The molecule has 10 heteroatoms. The highest BCUT2D eigenvalue weighted by molar-refractivity contribution is 8.00. The molecule has 1 aliphatic carbocycles. The molecule has 3 aromatic rings. The van der Waals surface area contributed by atoms with E-state index in [0.717, 1.165) is 18.7 Å². The maximum Gasteiger partial charge on any atom is 0.237 e. The van der Waals surface area contributed by atoms with Gasteiger partial charge in [0.25, 0.3) is 0 Å². The van der Waals surface area contributed by atoms with E-state index >= 15 is 0 Å². The number of nitrogens with one attached hydrogen (secondary N) is 1. The van der Waals surface area contributed by atoms with E-state index in [1.165, 1.54) is 11.8 Å². The van der Waals surface area contributed by atoms with E-state index < -0.39 is 0 Å². The molecule has 2 heterocycles. The van der Waals surface area contributed by atoms with Gasteiger partial charge in [0.15, 0.2) is 22.5 Å². The van der Waals surface area contributed by atoms with Crippen molar-refractivity contribution in [3.8, 4) is 17.2 Å². The topological polar surface area (TPSA) is 87.5 Å². The summed E-state index contributed by atoms with van der Waals surface area (Å²) in [6, 6.07) is 13.0. The number of rotatable bonds is 8. The molecule has 0 unspecified atom stereocenters. The van der Waals surface area contributed by atoms with Gasteiger partial charge in [-0.05, 0) is 44.0 Å². The Morgan fingerprint density at radius 3 is 2.88 bits per heavy atom. The third kappa shape index (κ3) is 4.49. The summed E-state index contributed by atoms with van der Waals surface area (Å²) in [6.07, 6.45) is 2.12. The van der Waals surface area contributed by atoms with Crippen molar-refractivity contribution in [1.82, 2.24) is 14.8 Å². The molecule has 1 saturated carbocycles. The third-order valence-corrected chi connectivity index (χ3v) is 6.50. The Kier molecular flexibility index (Phi) is 5.84. The zero-order chi connectivity index (χ0) is 22.1. The van der Waals surface area contributed by atoms with Crippen LogP contribution in [0.5, 0.6) is 17.2 Å². The summed E-state index contributed by atoms with van der Waals surface area (Å²) >= 11 is 7.56. The summed E-state index contributed by atoms with van der Waals surface area (Å²) in [4.78, 5) is 12.8. The zero-order valence-electron chi connectivity index (χ0n) is 17.3. The number of aromatic nitrogens is 3. The van der Waals surface area contributed by atoms with E-state index in [9.17, 15) is 4.79 Å². The van der Waals surface area contributed by atoms with Crippen LogP contribution in [-0.4, -0.2) is 32.7 Å². The standard InChI is InChI=1S/C22H21ClN4O4S/c1-13(21(28)24-14-6-9-18-19(10-14)31-12-30-18)32-22-26-25-20(27(22)15-7-8-15)11-29-17-5-3-2-4-16(17)23/h2-6,9-10,13,15H,7-8,11-12H2,1H3,(H,24,28)/t13-/m1/s1. The fraction of sp³-hybridized carbons (Fsp3) is 0.318. The van der Waals surface area contributed by atoms with Gasteiger partial charge < -0.3 is 19.5 Å². The minimum Gasteiger partial charge on any atom is -0.484 e. The molecule has 1 amide bonds. The fourth-order valence-corrected chi connectivity index (χ4v) is 4.45. The summed E-state index contributed by atoms with van der Waals surface area (Å²) in [5, 5.41) is 12.5. The van der Waals surface area contributed by atoms with Gasteiger partial charge in [0.05, 0.1) is 10.3 Å². The minimum atomic E-state index is -0.376. The first-order chi connectivity index (χ1) is 15.6. The number of carbonyl (C=O) groups excluding carboxylic acids is 1. The van der Waals surface area contributed by atoms with Gasteiger partial charge in [-0.15, -0.1) is 10.2 Å². The number of benzene rings is 2. The highest BCUT2D eigenvalue weighted by Crippen LogP contribution is 2.40. The zero-order valence-corrected chi connectivity index (χ0v) is 18.9. The van der Waals surface area contributed by atoms with Crippen LogP contribution in [0.15, 0.2) is 47.6 Å². The summed E-state index contributed by atoms with van der Waals surface area (Å²) in [5.41, 5.74) is 0.657. The minimum absolute atomic E-state index is 0.131. The lowest BCUT2D eigenvalue weighted by atomic mass is 10.2. The number of carbonyl (C=O) groups is 1. The van der Waals surface area contributed by atoms with Crippen molar-refractivity contribution in [2.24, 2.45) is 0 Å². The van der Waals surface area contributed by atoms with Gasteiger partial charge in [-0.3, -0.25) is 9.36 Å². The number of para-hydroxylation sites is 1. The smallest absolute Gasteiger partial charge is 0.237 e. The Balaban J connectivity index is 1.25. The molecular formula is C22H21ClN4O4S. The number of amides is 1. The number of nitrogens with zero attached hydrogens (tertiary/aromatic N) is 3. The molecule has 0 spiro atoms. The van der Waals surface area contributed by atoms with Gasteiger partial charge in [0.1, 0.15) is 12.4 Å². The second-order valence-electron chi connectivity index (χ2n) is 7.54. The van der Waals surface area contributed by atoms with Crippen LogP contribution >= 0.6 is 23.4 Å². The van der Waals surface area contributed by atoms with E-state index in [0.29, 0.717) is 39.2 Å². The molecule has 1 N–H and O–H groups in total. The lowest BCUT2D eigenvalue weighted by molar-refractivity contribution is -0.115. The fourth-order valence-electron chi connectivity index (χ4n) is 3.32. The summed E-state index contributed by atoms with van der Waals surface area (Å²) in [7, 11) is 0. The lowest BCUT2D eigenvalue weighted by Gasteiger charge is -2.14. The number of fused-ring (bicyclic) bond motifs is 1. The van der Waals surface area contributed by atoms with E-state index in [2.05, 4.69) is 20.1 Å². The number of anilines is 1. The van der Waals surface area contributed by atoms with Gasteiger partial charge in [-0.1, -0.05) is 35.5 Å². The van der Waals surface area contributed by atoms with Crippen LogP contribution in [0.3, 0.4) is 0 Å². The molecule has 0 radical (unpaired) electrons. The molecule has 0 saturated heterocycles. The van der Waals surface area contributed by atoms with Gasteiger partial charge in [0, 0.05) is 17.8 Å². The molecular weight excluding hydrogens is 452 g/mol. The monoisotopic (exact) mass is 472 g/mol. The maximum atomic E-state index is 12.8. The van der Waals surface area contributed by atoms with Crippen LogP contribution < -0.4 is 19.5 Å². The van der Waals surface area contributed by atoms with Crippen molar-refractivity contribution in [1.29, 1.82) is 0 Å². The van der Waals surface area contributed by atoms with Crippen LogP contribution in [0.25, 0.3) is 0 Å². The van der Waals surface area contributed by atoms with Crippen molar-refractivity contribution in [2.45, 2.75) is 42.8 Å². The average Bonchev–Trinajstić information content (AvgIpc) is 3.38. The van der Waals surface area contributed by atoms with Gasteiger partial charge in [-0.2, -0.15) is 0 Å². The SMILES string of the molecule is C[C@@H](Sc1nnc(COc2ccccc2Cl)n1C1CC1)C(=O)Nc1ccc2c(c1)OCO2. The summed E-state index contributed by atoms with van der Waals surface area (Å²) < 4.78 is 18.6. The molecule has 1 aromatic heterocycles. The lowest BCUT2D eigenvalue weighted by Crippen LogP contribution is -2.23. The van der Waals surface area contributed by atoms with Crippen molar-refractivity contribution in [2.75, 3.05) is 12.1 Å². The van der Waals surface area contributed by atoms with Crippen molar-refractivity contribution in [3.05, 3.63) is 53.3 Å². The molecule has 1 aliphatic heterocycles. The molecule has 5 rings (SSSR count). The number of halogens is 1. The van der Waals surface area contributed by atoms with Gasteiger partial charge >= 0.3 is 0 Å². The van der Waals surface area contributed by atoms with E-state index in [1.54, 1.807) is 24.3 Å². The Morgan fingerprint density at radius 1 is 1.25 bits per heavy atom. The largest absolute Gasteiger partial charge is 0.484 e. The molecule has 166 valence electrons. The normalized spacial score (nSPS) is 15.4. The number of hydrogen-bond donors (Lipinski definition) is 1. The molecule has 1 fully saturated rings. The summed E-state index contributed by atoms with van der Waals surface area (Å²) in [6.45, 7) is 2.29. The molecule has 2 aliphatic rings. The maximum absolute atomic E-state index is 12.8. The van der Waals surface area contributed by atoms with Crippen LogP contribution in [0.1, 0.15) is 31.6 Å². The van der Waals surface area contributed by atoms with Crippen LogP contribution in [-0.2, 0) is 11.4 Å². The van der Waals surface area contributed by atoms with Crippen molar-refractivity contribution >= 4 is 35.0 Å². The second-order valence-corrected chi connectivity index (χ2v) is 9.25. The molecule has 8 nitrogen and oxygen atoms in total. The number of hydrogen-bond acceptors (Lipinski definition) is 7. The van der Waals surface area contributed by atoms with Gasteiger partial charge in [-0.25, -0.2) is 0 Å². The Labute approximate surface area is 194 Å². The average molecular weight is 473 g/mol. The van der Waals surface area contributed by atoms with E-state index in [4.69, 9.17) is 25.8 Å². The van der Waals surface area contributed by atoms with Crippen molar-refractivity contribution in [3.63, 3.8) is 0 Å². The Morgan fingerprint density at radius 2 is 2.06 bits per heavy atom.